The Morgan fingerprint density at radius 2 is 1.89 bits per heavy atom. The van der Waals surface area contributed by atoms with Gasteiger partial charge in [-0.1, -0.05) is 6.07 Å². The largest absolute Gasteiger partial charge is 0.490 e. The summed E-state index contributed by atoms with van der Waals surface area (Å²) in [7, 11) is 0. The van der Waals surface area contributed by atoms with Crippen molar-refractivity contribution in [3.63, 3.8) is 0 Å². The lowest BCUT2D eigenvalue weighted by Crippen LogP contribution is -2.13. The van der Waals surface area contributed by atoms with Crippen LogP contribution in [0.2, 0.25) is 0 Å². The molecule has 0 radical (unpaired) electrons. The summed E-state index contributed by atoms with van der Waals surface area (Å²) < 4.78 is 46.4. The summed E-state index contributed by atoms with van der Waals surface area (Å²) in [6.07, 6.45) is -5.21. The number of rotatable bonds is 6. The third kappa shape index (κ3) is 4.83. The molecule has 1 aromatic carbocycles. The van der Waals surface area contributed by atoms with Gasteiger partial charge < -0.3 is 15.2 Å². The smallest absolute Gasteiger partial charge is 0.392 e. The van der Waals surface area contributed by atoms with E-state index in [4.69, 9.17) is 15.2 Å². The van der Waals surface area contributed by atoms with Crippen LogP contribution in [0.25, 0.3) is 0 Å². The highest BCUT2D eigenvalue weighted by Crippen LogP contribution is 2.29. The zero-order valence-electron chi connectivity index (χ0n) is 10.1. The first-order valence-corrected chi connectivity index (χ1v) is 5.61. The monoisotopic (exact) mass is 263 g/mol. The predicted molar refractivity (Wildman–Crippen MR) is 61.7 cm³/mol. The van der Waals surface area contributed by atoms with E-state index in [-0.39, 0.29) is 0 Å². The van der Waals surface area contributed by atoms with Gasteiger partial charge in [0.2, 0.25) is 0 Å². The summed E-state index contributed by atoms with van der Waals surface area (Å²) in [6, 6.07) is 4.95. The fourth-order valence-corrected chi connectivity index (χ4v) is 1.34. The average Bonchev–Trinajstić information content (AvgIpc) is 2.29. The van der Waals surface area contributed by atoms with Gasteiger partial charge >= 0.3 is 6.18 Å². The van der Waals surface area contributed by atoms with Crippen LogP contribution in [0.15, 0.2) is 18.2 Å². The minimum Gasteiger partial charge on any atom is -0.490 e. The number of hydrogen-bond acceptors (Lipinski definition) is 3. The molecule has 0 aromatic heterocycles. The van der Waals surface area contributed by atoms with Crippen LogP contribution in [0.5, 0.6) is 11.5 Å². The van der Waals surface area contributed by atoms with Crippen molar-refractivity contribution < 1.29 is 22.6 Å². The summed E-state index contributed by atoms with van der Waals surface area (Å²) in [4.78, 5) is 0. The molecule has 3 nitrogen and oxygen atoms in total. The zero-order valence-corrected chi connectivity index (χ0v) is 10.1. The zero-order chi connectivity index (χ0) is 13.6. The second-order valence-corrected chi connectivity index (χ2v) is 3.63. The molecule has 0 amide bonds. The molecule has 6 heteroatoms. The van der Waals surface area contributed by atoms with E-state index in [0.29, 0.717) is 24.7 Å². The van der Waals surface area contributed by atoms with E-state index in [2.05, 4.69) is 0 Å². The van der Waals surface area contributed by atoms with Crippen molar-refractivity contribution >= 4 is 0 Å². The van der Waals surface area contributed by atoms with Crippen LogP contribution >= 0.6 is 0 Å². The Balaban J connectivity index is 2.68. The molecule has 0 saturated carbocycles. The second kappa shape index (κ2) is 6.49. The van der Waals surface area contributed by atoms with Crippen molar-refractivity contribution in [1.29, 1.82) is 0 Å². The minimum absolute atomic E-state index is 0.304. The van der Waals surface area contributed by atoms with Crippen LogP contribution in [0.3, 0.4) is 0 Å². The lowest BCUT2D eigenvalue weighted by atomic mass is 10.2. The maximum Gasteiger partial charge on any atom is 0.392 e. The molecule has 2 N–H and O–H groups in total. The van der Waals surface area contributed by atoms with Crippen LogP contribution in [0.1, 0.15) is 18.9 Å². The van der Waals surface area contributed by atoms with Crippen molar-refractivity contribution in [2.75, 3.05) is 13.2 Å². The highest BCUT2D eigenvalue weighted by Gasteiger charge is 2.27. The lowest BCUT2D eigenvalue weighted by molar-refractivity contribution is -0.139. The Morgan fingerprint density at radius 3 is 2.44 bits per heavy atom. The molecule has 0 aliphatic carbocycles. The van der Waals surface area contributed by atoms with Gasteiger partial charge in [0.05, 0.1) is 19.6 Å². The molecule has 0 spiro atoms. The fourth-order valence-electron chi connectivity index (χ4n) is 1.34. The van der Waals surface area contributed by atoms with E-state index in [0.717, 1.165) is 5.56 Å². The maximum absolute atomic E-state index is 12.0. The van der Waals surface area contributed by atoms with Crippen LogP contribution in [0.4, 0.5) is 13.2 Å². The van der Waals surface area contributed by atoms with Crippen LogP contribution < -0.4 is 15.2 Å². The molecule has 0 unspecified atom stereocenters. The van der Waals surface area contributed by atoms with Gasteiger partial charge in [-0.05, 0) is 24.6 Å². The number of alkyl halides is 3. The molecule has 18 heavy (non-hydrogen) atoms. The molecule has 0 atom stereocenters. The number of nitrogens with two attached hydrogens (primary N) is 1. The van der Waals surface area contributed by atoms with E-state index in [1.807, 2.05) is 0 Å². The third-order valence-corrected chi connectivity index (χ3v) is 2.19. The molecule has 0 aliphatic rings. The van der Waals surface area contributed by atoms with E-state index in [1.165, 1.54) is 0 Å². The van der Waals surface area contributed by atoms with E-state index < -0.39 is 19.2 Å². The Morgan fingerprint density at radius 1 is 1.17 bits per heavy atom. The number of benzene rings is 1. The molecular weight excluding hydrogens is 247 g/mol. The number of ether oxygens (including phenoxy) is 2. The molecule has 1 aromatic rings. The molecule has 102 valence electrons. The SMILES string of the molecule is CCOc1cc(CN)ccc1OCCC(F)(F)F. The van der Waals surface area contributed by atoms with E-state index >= 15 is 0 Å². The third-order valence-electron chi connectivity index (χ3n) is 2.19. The van der Waals surface area contributed by atoms with E-state index in [1.54, 1.807) is 25.1 Å². The first-order chi connectivity index (χ1) is 8.46. The van der Waals surface area contributed by atoms with Gasteiger partial charge in [-0.25, -0.2) is 0 Å². The summed E-state index contributed by atoms with van der Waals surface area (Å²) in [5.41, 5.74) is 6.31. The first kappa shape index (κ1) is 14.6. The van der Waals surface area contributed by atoms with Gasteiger partial charge in [0.25, 0.3) is 0 Å². The van der Waals surface area contributed by atoms with Gasteiger partial charge in [0.15, 0.2) is 11.5 Å². The second-order valence-electron chi connectivity index (χ2n) is 3.63. The Bertz CT molecular complexity index is 380. The van der Waals surface area contributed by atoms with Crippen LogP contribution in [-0.2, 0) is 6.54 Å². The van der Waals surface area contributed by atoms with Gasteiger partial charge in [-0.3, -0.25) is 0 Å². The highest BCUT2D eigenvalue weighted by atomic mass is 19.4. The van der Waals surface area contributed by atoms with Gasteiger partial charge in [-0.15, -0.1) is 0 Å². The topological polar surface area (TPSA) is 44.5 Å². The van der Waals surface area contributed by atoms with Gasteiger partial charge in [0.1, 0.15) is 0 Å². The Hall–Kier alpha value is -1.43. The minimum atomic E-state index is -4.22. The molecule has 0 heterocycles. The Labute approximate surface area is 104 Å². The molecule has 0 fully saturated rings. The molecule has 0 saturated heterocycles. The number of hydrogen-bond donors (Lipinski definition) is 1. The van der Waals surface area contributed by atoms with Crippen molar-refractivity contribution in [1.82, 2.24) is 0 Å². The van der Waals surface area contributed by atoms with Crippen molar-refractivity contribution in [2.24, 2.45) is 5.73 Å². The van der Waals surface area contributed by atoms with Crippen molar-refractivity contribution in [2.45, 2.75) is 26.1 Å². The van der Waals surface area contributed by atoms with Gasteiger partial charge in [-0.2, -0.15) is 13.2 Å². The summed E-state index contributed by atoms with van der Waals surface area (Å²) >= 11 is 0. The lowest BCUT2D eigenvalue weighted by Gasteiger charge is -2.13. The summed E-state index contributed by atoms with van der Waals surface area (Å²) in [5, 5.41) is 0. The molecular formula is C12H16F3NO2. The normalized spacial score (nSPS) is 11.4. The molecule has 1 rings (SSSR count). The first-order valence-electron chi connectivity index (χ1n) is 5.61. The van der Waals surface area contributed by atoms with Crippen LogP contribution in [0, 0.1) is 0 Å². The van der Waals surface area contributed by atoms with Gasteiger partial charge in [0, 0.05) is 6.54 Å². The average molecular weight is 263 g/mol. The molecule has 0 aliphatic heterocycles. The van der Waals surface area contributed by atoms with E-state index in [9.17, 15) is 13.2 Å². The number of halogens is 3. The predicted octanol–water partition coefficient (Wildman–Crippen LogP) is 2.88. The summed E-state index contributed by atoms with van der Waals surface area (Å²) in [5.74, 6) is 0.723. The Kier molecular flexibility index (Phi) is 5.27. The van der Waals surface area contributed by atoms with Crippen molar-refractivity contribution in [3.05, 3.63) is 23.8 Å². The molecule has 0 bridgehead atoms. The van der Waals surface area contributed by atoms with Crippen molar-refractivity contribution in [3.8, 4) is 11.5 Å². The fraction of sp³-hybridized carbons (Fsp3) is 0.500. The highest BCUT2D eigenvalue weighted by molar-refractivity contribution is 5.43. The standard InChI is InChI=1S/C12H16F3NO2/c1-2-17-11-7-9(8-16)3-4-10(11)18-6-5-12(13,14)15/h3-4,7H,2,5-6,8,16H2,1H3. The quantitative estimate of drug-likeness (QED) is 0.858. The maximum atomic E-state index is 12.0. The summed E-state index contributed by atoms with van der Waals surface area (Å²) in [6.45, 7) is 2.10. The van der Waals surface area contributed by atoms with Crippen LogP contribution in [-0.4, -0.2) is 19.4 Å².